The molecule has 0 N–H and O–H groups in total. The van der Waals surface area contributed by atoms with Crippen molar-refractivity contribution in [3.05, 3.63) is 41.2 Å². The van der Waals surface area contributed by atoms with Gasteiger partial charge in [0.05, 0.1) is 11.0 Å². The zero-order valence-electron chi connectivity index (χ0n) is 21.3. The van der Waals surface area contributed by atoms with E-state index in [4.69, 9.17) is 0 Å². The molecule has 2 fully saturated rings. The second kappa shape index (κ2) is 9.43. The van der Waals surface area contributed by atoms with Gasteiger partial charge < -0.3 is 9.47 Å². The third-order valence-electron chi connectivity index (χ3n) is 8.79. The molecule has 0 aromatic carbocycles. The molecule has 3 atom stereocenters. The molecule has 1 aliphatic carbocycles. The van der Waals surface area contributed by atoms with Crippen LogP contribution in [0.2, 0.25) is 0 Å². The number of halogens is 3. The van der Waals surface area contributed by atoms with Crippen molar-refractivity contribution in [1.29, 1.82) is 0 Å². The maximum atomic E-state index is 14.0. The highest BCUT2D eigenvalue weighted by atomic mass is 19.4. The van der Waals surface area contributed by atoms with Crippen LogP contribution in [0.25, 0.3) is 0 Å². The highest BCUT2D eigenvalue weighted by molar-refractivity contribution is 5.83. The molecular weight excluding hydrogens is 469 g/mol. The number of fused-ring (bicyclic) bond motifs is 1. The number of hydrogen-bond acceptors (Lipinski definition) is 5. The molecule has 2 aliphatic heterocycles. The smallest absolute Gasteiger partial charge is 0.337 e. The largest absolute Gasteiger partial charge is 0.417 e. The number of aromatic nitrogens is 4. The highest BCUT2D eigenvalue weighted by Gasteiger charge is 2.51. The average molecular weight is 505 g/mol. The molecule has 196 valence electrons. The highest BCUT2D eigenvalue weighted by Crippen LogP contribution is 2.48. The third-order valence-corrected chi connectivity index (χ3v) is 8.79. The van der Waals surface area contributed by atoms with Crippen molar-refractivity contribution in [3.8, 4) is 0 Å². The maximum absolute atomic E-state index is 14.0. The van der Waals surface area contributed by atoms with Crippen LogP contribution in [0.4, 0.5) is 13.2 Å². The SMILES string of the molecule is CC(C)[C@]1(C(=O)N2CCc3ncc(C(F)(F)F)cc3C2)CCC(N2CCCC(c3nncn3C)C2)C1. The Labute approximate surface area is 210 Å². The lowest BCUT2D eigenvalue weighted by molar-refractivity contribution is -0.146. The topological polar surface area (TPSA) is 67.2 Å². The number of piperidine rings is 1. The van der Waals surface area contributed by atoms with Crippen molar-refractivity contribution >= 4 is 5.91 Å². The number of amides is 1. The molecule has 0 spiro atoms. The van der Waals surface area contributed by atoms with Gasteiger partial charge in [-0.3, -0.25) is 14.7 Å². The van der Waals surface area contributed by atoms with Crippen molar-refractivity contribution in [3.63, 3.8) is 0 Å². The molecule has 36 heavy (non-hydrogen) atoms. The molecular formula is C26H35F3N6O. The minimum absolute atomic E-state index is 0.0879. The molecule has 10 heteroatoms. The van der Waals surface area contributed by atoms with Gasteiger partial charge in [-0.1, -0.05) is 13.8 Å². The van der Waals surface area contributed by atoms with Gasteiger partial charge in [0.1, 0.15) is 12.2 Å². The Balaban J connectivity index is 1.31. The van der Waals surface area contributed by atoms with Gasteiger partial charge in [-0.2, -0.15) is 13.2 Å². The summed E-state index contributed by atoms with van der Waals surface area (Å²) in [6.45, 7) is 6.86. The molecule has 1 amide bonds. The fourth-order valence-corrected chi connectivity index (χ4v) is 6.61. The summed E-state index contributed by atoms with van der Waals surface area (Å²) in [5.41, 5.74) is -0.0641. The van der Waals surface area contributed by atoms with E-state index in [1.54, 1.807) is 11.2 Å². The van der Waals surface area contributed by atoms with Crippen LogP contribution in [0, 0.1) is 11.3 Å². The van der Waals surface area contributed by atoms with E-state index in [2.05, 4.69) is 33.9 Å². The second-order valence-electron chi connectivity index (χ2n) is 11.1. The number of alkyl halides is 3. The Bertz CT molecular complexity index is 1120. The van der Waals surface area contributed by atoms with E-state index in [1.807, 2.05) is 11.6 Å². The quantitative estimate of drug-likeness (QED) is 0.625. The van der Waals surface area contributed by atoms with Gasteiger partial charge in [0.25, 0.3) is 0 Å². The molecule has 0 radical (unpaired) electrons. The van der Waals surface area contributed by atoms with Crippen LogP contribution in [0.3, 0.4) is 0 Å². The standard InChI is InChI=1S/C26H35F3N6O/c1-17(2)25(24(36)35-10-7-22-19(15-35)11-20(13-30-22)26(27,28)29)8-6-21(12-25)34-9-4-5-18(14-34)23-32-31-16-33(23)3/h11,13,16-18,21H,4-10,12,14-15H2,1-3H3/t18?,21?,25-/m0/s1. The monoisotopic (exact) mass is 504 g/mol. The summed E-state index contributed by atoms with van der Waals surface area (Å²) < 4.78 is 41.8. The summed E-state index contributed by atoms with van der Waals surface area (Å²) in [6.07, 6.45) is 3.43. The van der Waals surface area contributed by atoms with Gasteiger partial charge in [0, 0.05) is 57.0 Å². The summed E-state index contributed by atoms with van der Waals surface area (Å²) >= 11 is 0. The molecule has 4 heterocycles. The maximum Gasteiger partial charge on any atom is 0.417 e. The van der Waals surface area contributed by atoms with E-state index >= 15 is 0 Å². The van der Waals surface area contributed by atoms with Crippen LogP contribution in [-0.4, -0.2) is 61.1 Å². The Kier molecular flexibility index (Phi) is 6.59. The number of nitrogens with zero attached hydrogens (tertiary/aromatic N) is 6. The van der Waals surface area contributed by atoms with Crippen molar-refractivity contribution in [2.24, 2.45) is 18.4 Å². The van der Waals surface area contributed by atoms with E-state index < -0.39 is 17.2 Å². The first-order valence-corrected chi connectivity index (χ1v) is 13.0. The van der Waals surface area contributed by atoms with E-state index in [-0.39, 0.29) is 18.4 Å². The van der Waals surface area contributed by atoms with Crippen LogP contribution in [0.15, 0.2) is 18.6 Å². The van der Waals surface area contributed by atoms with Gasteiger partial charge in [-0.15, -0.1) is 10.2 Å². The Morgan fingerprint density at radius 1 is 1.22 bits per heavy atom. The van der Waals surface area contributed by atoms with E-state index in [0.717, 1.165) is 57.2 Å². The van der Waals surface area contributed by atoms with Crippen LogP contribution in [0.5, 0.6) is 0 Å². The van der Waals surface area contributed by atoms with Crippen molar-refractivity contribution < 1.29 is 18.0 Å². The normalized spacial score (nSPS) is 27.5. The molecule has 7 nitrogen and oxygen atoms in total. The molecule has 0 bridgehead atoms. The number of hydrogen-bond donors (Lipinski definition) is 0. The van der Waals surface area contributed by atoms with Crippen LogP contribution in [-0.2, 0) is 31.0 Å². The fraction of sp³-hybridized carbons (Fsp3) is 0.692. The van der Waals surface area contributed by atoms with Crippen molar-refractivity contribution in [2.75, 3.05) is 19.6 Å². The zero-order valence-corrected chi connectivity index (χ0v) is 21.3. The fourth-order valence-electron chi connectivity index (χ4n) is 6.61. The Morgan fingerprint density at radius 2 is 2.03 bits per heavy atom. The first kappa shape index (κ1) is 25.2. The van der Waals surface area contributed by atoms with Gasteiger partial charge in [-0.05, 0) is 56.2 Å². The molecule has 5 rings (SSSR count). The molecule has 1 saturated heterocycles. The van der Waals surface area contributed by atoms with Gasteiger partial charge >= 0.3 is 6.18 Å². The number of rotatable bonds is 4. The number of carbonyl (C=O) groups is 1. The van der Waals surface area contributed by atoms with Gasteiger partial charge in [0.15, 0.2) is 0 Å². The molecule has 2 aromatic heterocycles. The molecule has 1 saturated carbocycles. The minimum Gasteiger partial charge on any atom is -0.337 e. The van der Waals surface area contributed by atoms with Crippen LogP contribution >= 0.6 is 0 Å². The van der Waals surface area contributed by atoms with Crippen molar-refractivity contribution in [2.45, 2.75) is 77.1 Å². The summed E-state index contributed by atoms with van der Waals surface area (Å²) in [6, 6.07) is 1.49. The summed E-state index contributed by atoms with van der Waals surface area (Å²) in [5.74, 6) is 1.59. The number of likely N-dealkylation sites (tertiary alicyclic amines) is 1. The predicted octanol–water partition coefficient (Wildman–Crippen LogP) is 4.19. The number of aryl methyl sites for hydroxylation is 1. The van der Waals surface area contributed by atoms with Crippen LogP contribution < -0.4 is 0 Å². The molecule has 3 aliphatic rings. The summed E-state index contributed by atoms with van der Waals surface area (Å²) in [5, 5.41) is 8.39. The van der Waals surface area contributed by atoms with Gasteiger partial charge in [-0.25, -0.2) is 0 Å². The summed E-state index contributed by atoms with van der Waals surface area (Å²) in [7, 11) is 1.98. The lowest BCUT2D eigenvalue weighted by Gasteiger charge is -2.41. The number of pyridine rings is 1. The Morgan fingerprint density at radius 3 is 2.72 bits per heavy atom. The first-order valence-electron chi connectivity index (χ1n) is 13.0. The molecule has 2 unspecified atom stereocenters. The zero-order chi connectivity index (χ0) is 25.7. The second-order valence-corrected chi connectivity index (χ2v) is 11.1. The lowest BCUT2D eigenvalue weighted by atomic mass is 9.73. The third kappa shape index (κ3) is 4.53. The Hall–Kier alpha value is -2.49. The first-order chi connectivity index (χ1) is 17.1. The average Bonchev–Trinajstić information content (AvgIpc) is 3.50. The van der Waals surface area contributed by atoms with E-state index in [9.17, 15) is 18.0 Å². The van der Waals surface area contributed by atoms with Gasteiger partial charge in [0.2, 0.25) is 5.91 Å². The van der Waals surface area contributed by atoms with E-state index in [1.165, 1.54) is 6.07 Å². The van der Waals surface area contributed by atoms with E-state index in [0.29, 0.717) is 36.2 Å². The lowest BCUT2D eigenvalue weighted by Crippen LogP contribution is -2.49. The number of carbonyl (C=O) groups excluding carboxylic acids is 1. The molecule has 2 aromatic rings. The predicted molar refractivity (Wildman–Crippen MR) is 128 cm³/mol. The van der Waals surface area contributed by atoms with Crippen LogP contribution in [0.1, 0.15) is 74.5 Å². The summed E-state index contributed by atoms with van der Waals surface area (Å²) in [4.78, 5) is 22.4. The van der Waals surface area contributed by atoms with Crippen molar-refractivity contribution in [1.82, 2.24) is 29.5 Å². The minimum atomic E-state index is -4.44.